The number of carbonyl (C=O) groups is 2. The summed E-state index contributed by atoms with van der Waals surface area (Å²) in [7, 11) is 2.98. The normalized spacial score (nSPS) is 16.8. The highest BCUT2D eigenvalue weighted by molar-refractivity contribution is 6.05. The highest BCUT2D eigenvalue weighted by Crippen LogP contribution is 2.35. The molecule has 1 N–H and O–H groups in total. The molecule has 0 radical (unpaired) electrons. The fourth-order valence-electron chi connectivity index (χ4n) is 2.54. The molecule has 1 atom stereocenters. The summed E-state index contributed by atoms with van der Waals surface area (Å²) in [5.41, 5.74) is 1.70. The number of methoxy groups -OCH3 is 2. The van der Waals surface area contributed by atoms with E-state index in [0.29, 0.717) is 25.8 Å². The van der Waals surface area contributed by atoms with E-state index in [9.17, 15) is 9.59 Å². The number of nitrogens with zero attached hydrogens (tertiary/aromatic N) is 1. The van der Waals surface area contributed by atoms with Crippen LogP contribution in [0.1, 0.15) is 26.2 Å². The quantitative estimate of drug-likeness (QED) is 0.816. The van der Waals surface area contributed by atoms with Crippen molar-refractivity contribution >= 4 is 23.3 Å². The molecule has 6 nitrogen and oxygen atoms in total. The lowest BCUT2D eigenvalue weighted by Gasteiger charge is -2.35. The van der Waals surface area contributed by atoms with Gasteiger partial charge in [0.05, 0.1) is 25.6 Å². The predicted octanol–water partition coefficient (Wildman–Crippen LogP) is 2.19. The zero-order chi connectivity index (χ0) is 16.1. The molecule has 0 fully saturated rings. The number of benzene rings is 1. The van der Waals surface area contributed by atoms with E-state index in [4.69, 9.17) is 4.74 Å². The lowest BCUT2D eigenvalue weighted by Crippen LogP contribution is -2.47. The first-order valence-corrected chi connectivity index (χ1v) is 7.43. The van der Waals surface area contributed by atoms with Crippen LogP contribution in [0, 0.1) is 0 Å². The van der Waals surface area contributed by atoms with Crippen molar-refractivity contribution in [2.45, 2.75) is 32.2 Å². The topological polar surface area (TPSA) is 67.9 Å². The molecular weight excluding hydrogens is 284 g/mol. The number of nitrogens with one attached hydrogen (secondary N) is 1. The standard InChI is InChI=1S/C16H22N2O4/c1-4-12-16(20)18(9-5-6-15(19)22-3)14-8-7-11(21-2)10-13(14)17-12/h7-8,10,12,17H,4-6,9H2,1-3H3. The summed E-state index contributed by atoms with van der Waals surface area (Å²) >= 11 is 0. The summed E-state index contributed by atoms with van der Waals surface area (Å²) in [4.78, 5) is 25.5. The number of rotatable bonds is 6. The van der Waals surface area contributed by atoms with Crippen molar-refractivity contribution in [3.05, 3.63) is 18.2 Å². The zero-order valence-corrected chi connectivity index (χ0v) is 13.2. The van der Waals surface area contributed by atoms with Gasteiger partial charge in [-0.05, 0) is 25.0 Å². The lowest BCUT2D eigenvalue weighted by molar-refractivity contribution is -0.140. The Kier molecular flexibility index (Phi) is 5.25. The molecular formula is C16H22N2O4. The van der Waals surface area contributed by atoms with Crippen LogP contribution in [0.3, 0.4) is 0 Å². The second-order valence-electron chi connectivity index (χ2n) is 5.16. The number of esters is 1. The Morgan fingerprint density at radius 2 is 2.14 bits per heavy atom. The molecule has 6 heteroatoms. The van der Waals surface area contributed by atoms with Gasteiger partial charge in [0.1, 0.15) is 11.8 Å². The maximum Gasteiger partial charge on any atom is 0.305 e. The van der Waals surface area contributed by atoms with Gasteiger partial charge in [-0.1, -0.05) is 6.92 Å². The van der Waals surface area contributed by atoms with Crippen LogP contribution in [-0.2, 0) is 14.3 Å². The lowest BCUT2D eigenvalue weighted by atomic mass is 10.1. The average Bonchev–Trinajstić information content (AvgIpc) is 2.55. The first-order chi connectivity index (χ1) is 10.6. The fourth-order valence-corrected chi connectivity index (χ4v) is 2.54. The molecule has 1 heterocycles. The van der Waals surface area contributed by atoms with Crippen molar-refractivity contribution in [2.75, 3.05) is 31.0 Å². The Hall–Kier alpha value is -2.24. The van der Waals surface area contributed by atoms with Crippen molar-refractivity contribution in [3.63, 3.8) is 0 Å². The molecule has 2 rings (SSSR count). The summed E-state index contributed by atoms with van der Waals surface area (Å²) in [6.45, 7) is 2.46. The highest BCUT2D eigenvalue weighted by Gasteiger charge is 2.31. The zero-order valence-electron chi connectivity index (χ0n) is 13.2. The molecule has 120 valence electrons. The van der Waals surface area contributed by atoms with Crippen LogP contribution in [-0.4, -0.2) is 38.7 Å². The average molecular weight is 306 g/mol. The largest absolute Gasteiger partial charge is 0.497 e. The fraction of sp³-hybridized carbons (Fsp3) is 0.500. The van der Waals surface area contributed by atoms with Crippen LogP contribution in [0.4, 0.5) is 11.4 Å². The van der Waals surface area contributed by atoms with Crippen LogP contribution in [0.5, 0.6) is 5.75 Å². The first-order valence-electron chi connectivity index (χ1n) is 7.43. The predicted molar refractivity (Wildman–Crippen MR) is 84.3 cm³/mol. The second-order valence-corrected chi connectivity index (χ2v) is 5.16. The smallest absolute Gasteiger partial charge is 0.305 e. The van der Waals surface area contributed by atoms with Crippen LogP contribution >= 0.6 is 0 Å². The van der Waals surface area contributed by atoms with Gasteiger partial charge in [0.25, 0.3) is 0 Å². The third-order valence-electron chi connectivity index (χ3n) is 3.79. The van der Waals surface area contributed by atoms with E-state index in [-0.39, 0.29) is 17.9 Å². The highest BCUT2D eigenvalue weighted by atomic mass is 16.5. The molecule has 0 saturated heterocycles. The van der Waals surface area contributed by atoms with Gasteiger partial charge in [-0.25, -0.2) is 0 Å². The van der Waals surface area contributed by atoms with Crippen molar-refractivity contribution < 1.29 is 19.1 Å². The van der Waals surface area contributed by atoms with Gasteiger partial charge < -0.3 is 19.7 Å². The van der Waals surface area contributed by atoms with Gasteiger partial charge in [0.2, 0.25) is 5.91 Å². The Morgan fingerprint density at radius 1 is 1.36 bits per heavy atom. The number of carbonyl (C=O) groups excluding carboxylic acids is 2. The Bertz CT molecular complexity index is 559. The van der Waals surface area contributed by atoms with E-state index in [0.717, 1.165) is 17.1 Å². The molecule has 0 spiro atoms. The Balaban J connectivity index is 2.20. The second kappa shape index (κ2) is 7.15. The maximum absolute atomic E-state index is 12.5. The summed E-state index contributed by atoms with van der Waals surface area (Å²) in [5.74, 6) is 0.513. The third-order valence-corrected chi connectivity index (χ3v) is 3.79. The van der Waals surface area contributed by atoms with Crippen molar-refractivity contribution in [1.29, 1.82) is 0 Å². The number of hydrogen-bond acceptors (Lipinski definition) is 5. The van der Waals surface area contributed by atoms with Gasteiger partial charge in [-0.15, -0.1) is 0 Å². The number of hydrogen-bond donors (Lipinski definition) is 1. The number of amides is 1. The van der Waals surface area contributed by atoms with E-state index >= 15 is 0 Å². The number of anilines is 2. The van der Waals surface area contributed by atoms with E-state index < -0.39 is 0 Å². The van der Waals surface area contributed by atoms with E-state index in [1.54, 1.807) is 12.0 Å². The molecule has 22 heavy (non-hydrogen) atoms. The Labute approximate surface area is 130 Å². The van der Waals surface area contributed by atoms with Gasteiger partial charge in [0, 0.05) is 19.0 Å². The molecule has 0 aromatic heterocycles. The molecule has 1 amide bonds. The molecule has 1 aliphatic rings. The van der Waals surface area contributed by atoms with E-state index in [2.05, 4.69) is 10.1 Å². The minimum atomic E-state index is -0.260. The monoisotopic (exact) mass is 306 g/mol. The summed E-state index contributed by atoms with van der Waals surface area (Å²) in [5, 5.41) is 3.25. The van der Waals surface area contributed by atoms with Gasteiger partial charge in [-0.3, -0.25) is 9.59 Å². The Morgan fingerprint density at radius 3 is 2.77 bits per heavy atom. The minimum Gasteiger partial charge on any atom is -0.497 e. The number of fused-ring (bicyclic) bond motifs is 1. The third kappa shape index (κ3) is 3.32. The van der Waals surface area contributed by atoms with Crippen molar-refractivity contribution in [3.8, 4) is 5.75 Å². The molecule has 0 bridgehead atoms. The molecule has 1 aromatic rings. The van der Waals surface area contributed by atoms with Crippen molar-refractivity contribution in [2.24, 2.45) is 0 Å². The molecule has 1 aromatic carbocycles. The molecule has 0 saturated carbocycles. The van der Waals surface area contributed by atoms with Gasteiger partial charge in [-0.2, -0.15) is 0 Å². The van der Waals surface area contributed by atoms with Crippen LogP contribution in [0.2, 0.25) is 0 Å². The SMILES string of the molecule is CCC1Nc2cc(OC)ccc2N(CCCC(=O)OC)C1=O. The number of ether oxygens (including phenoxy) is 2. The van der Waals surface area contributed by atoms with Crippen LogP contribution in [0.15, 0.2) is 18.2 Å². The maximum atomic E-state index is 12.5. The first kappa shape index (κ1) is 16.1. The summed E-state index contributed by atoms with van der Waals surface area (Å²) < 4.78 is 9.87. The van der Waals surface area contributed by atoms with Gasteiger partial charge >= 0.3 is 5.97 Å². The minimum absolute atomic E-state index is 0.0324. The van der Waals surface area contributed by atoms with E-state index in [1.165, 1.54) is 7.11 Å². The molecule has 1 aliphatic heterocycles. The van der Waals surface area contributed by atoms with Crippen LogP contribution in [0.25, 0.3) is 0 Å². The van der Waals surface area contributed by atoms with E-state index in [1.807, 2.05) is 25.1 Å². The molecule has 0 aliphatic carbocycles. The van der Waals surface area contributed by atoms with Gasteiger partial charge in [0.15, 0.2) is 0 Å². The molecule has 1 unspecified atom stereocenters. The summed E-state index contributed by atoms with van der Waals surface area (Å²) in [6.07, 6.45) is 1.57. The van der Waals surface area contributed by atoms with Crippen molar-refractivity contribution in [1.82, 2.24) is 0 Å². The van der Waals surface area contributed by atoms with Crippen LogP contribution < -0.4 is 15.0 Å². The summed E-state index contributed by atoms with van der Waals surface area (Å²) in [6, 6.07) is 5.33.